The van der Waals surface area contributed by atoms with Gasteiger partial charge in [0, 0.05) is 13.2 Å². The van der Waals surface area contributed by atoms with Gasteiger partial charge in [-0.1, -0.05) is 13.8 Å². The van der Waals surface area contributed by atoms with Gasteiger partial charge in [0.25, 0.3) is 5.91 Å². The van der Waals surface area contributed by atoms with Gasteiger partial charge in [0.05, 0.1) is 18.5 Å². The Morgan fingerprint density at radius 2 is 2.15 bits per heavy atom. The van der Waals surface area contributed by atoms with Gasteiger partial charge < -0.3 is 14.8 Å². The molecular weight excluding hydrogens is 256 g/mol. The molecule has 0 aliphatic heterocycles. The van der Waals surface area contributed by atoms with Gasteiger partial charge in [-0.25, -0.2) is 4.98 Å². The van der Waals surface area contributed by atoms with E-state index in [0.29, 0.717) is 30.5 Å². The molecule has 1 amide bonds. The minimum Gasteiger partial charge on any atom is -0.478 e. The SMILES string of the molecule is CCOc1ccc(NC(=O)C(C)(CC(C)C)OC)cn1. The van der Waals surface area contributed by atoms with Crippen molar-refractivity contribution >= 4 is 11.6 Å². The molecule has 5 heteroatoms. The molecule has 1 N–H and O–H groups in total. The molecule has 112 valence electrons. The Bertz CT molecular complexity index is 431. The van der Waals surface area contributed by atoms with Crippen molar-refractivity contribution in [2.24, 2.45) is 5.92 Å². The molecule has 0 saturated heterocycles. The molecule has 1 aromatic rings. The molecule has 0 fully saturated rings. The van der Waals surface area contributed by atoms with Crippen molar-refractivity contribution in [2.75, 3.05) is 19.0 Å². The highest BCUT2D eigenvalue weighted by Gasteiger charge is 2.33. The number of pyridine rings is 1. The molecule has 0 aromatic carbocycles. The summed E-state index contributed by atoms with van der Waals surface area (Å²) in [5.41, 5.74) is -0.210. The lowest BCUT2D eigenvalue weighted by Crippen LogP contribution is -2.43. The largest absolute Gasteiger partial charge is 0.478 e. The summed E-state index contributed by atoms with van der Waals surface area (Å²) in [6.45, 7) is 8.37. The molecule has 0 aliphatic carbocycles. The maximum atomic E-state index is 12.3. The van der Waals surface area contributed by atoms with Gasteiger partial charge in [-0.2, -0.15) is 0 Å². The fourth-order valence-electron chi connectivity index (χ4n) is 2.00. The first kappa shape index (κ1) is 16.4. The Balaban J connectivity index is 2.73. The van der Waals surface area contributed by atoms with Crippen molar-refractivity contribution in [3.05, 3.63) is 18.3 Å². The minimum atomic E-state index is -0.841. The van der Waals surface area contributed by atoms with Crippen LogP contribution in [-0.2, 0) is 9.53 Å². The standard InChI is InChI=1S/C15H24N2O3/c1-6-20-13-8-7-12(10-16-13)17-14(18)15(4,19-5)9-11(2)3/h7-8,10-11H,6,9H2,1-5H3,(H,17,18). The zero-order chi connectivity index (χ0) is 15.2. The van der Waals surface area contributed by atoms with Crippen molar-refractivity contribution in [2.45, 2.75) is 39.7 Å². The number of anilines is 1. The van der Waals surface area contributed by atoms with E-state index in [1.165, 1.54) is 0 Å². The predicted octanol–water partition coefficient (Wildman–Crippen LogP) is 2.87. The third kappa shape index (κ3) is 4.49. The Kier molecular flexibility index (Phi) is 5.95. The molecule has 0 aliphatic rings. The van der Waals surface area contributed by atoms with E-state index in [9.17, 15) is 4.79 Å². The van der Waals surface area contributed by atoms with Crippen LogP contribution in [0.25, 0.3) is 0 Å². The number of carbonyl (C=O) groups excluding carboxylic acids is 1. The first-order chi connectivity index (χ1) is 9.41. The van der Waals surface area contributed by atoms with Crippen molar-refractivity contribution in [1.82, 2.24) is 4.98 Å². The molecule has 20 heavy (non-hydrogen) atoms. The number of ether oxygens (including phenoxy) is 2. The molecule has 5 nitrogen and oxygen atoms in total. The molecule has 1 heterocycles. The molecule has 1 atom stereocenters. The van der Waals surface area contributed by atoms with Crippen LogP contribution >= 0.6 is 0 Å². The molecular formula is C15H24N2O3. The third-order valence-electron chi connectivity index (χ3n) is 3.02. The van der Waals surface area contributed by atoms with Gasteiger partial charge in [0.2, 0.25) is 5.88 Å². The fraction of sp³-hybridized carbons (Fsp3) is 0.600. The number of aromatic nitrogens is 1. The zero-order valence-corrected chi connectivity index (χ0v) is 12.9. The second-order valence-electron chi connectivity index (χ2n) is 5.31. The van der Waals surface area contributed by atoms with Gasteiger partial charge in [-0.05, 0) is 32.3 Å². The monoisotopic (exact) mass is 280 g/mol. The van der Waals surface area contributed by atoms with E-state index in [0.717, 1.165) is 0 Å². The van der Waals surface area contributed by atoms with Crippen LogP contribution in [-0.4, -0.2) is 30.2 Å². The molecule has 0 spiro atoms. The van der Waals surface area contributed by atoms with E-state index in [4.69, 9.17) is 9.47 Å². The molecule has 1 unspecified atom stereocenters. The summed E-state index contributed by atoms with van der Waals surface area (Å²) >= 11 is 0. The van der Waals surface area contributed by atoms with Crippen LogP contribution in [0.1, 0.15) is 34.1 Å². The van der Waals surface area contributed by atoms with Crippen molar-refractivity contribution in [1.29, 1.82) is 0 Å². The number of methoxy groups -OCH3 is 1. The van der Waals surface area contributed by atoms with Crippen LogP contribution in [0, 0.1) is 5.92 Å². The highest BCUT2D eigenvalue weighted by molar-refractivity contribution is 5.96. The number of amides is 1. The predicted molar refractivity (Wildman–Crippen MR) is 78.9 cm³/mol. The van der Waals surface area contributed by atoms with Gasteiger partial charge in [-0.15, -0.1) is 0 Å². The lowest BCUT2D eigenvalue weighted by Gasteiger charge is -2.28. The van der Waals surface area contributed by atoms with E-state index in [2.05, 4.69) is 24.1 Å². The van der Waals surface area contributed by atoms with Crippen molar-refractivity contribution in [3.63, 3.8) is 0 Å². The molecule has 0 radical (unpaired) electrons. The third-order valence-corrected chi connectivity index (χ3v) is 3.02. The van der Waals surface area contributed by atoms with E-state index >= 15 is 0 Å². The second-order valence-corrected chi connectivity index (χ2v) is 5.31. The number of rotatable bonds is 7. The van der Waals surface area contributed by atoms with Crippen LogP contribution in [0.5, 0.6) is 5.88 Å². The van der Waals surface area contributed by atoms with Gasteiger partial charge >= 0.3 is 0 Å². The van der Waals surface area contributed by atoms with Crippen LogP contribution < -0.4 is 10.1 Å². The quantitative estimate of drug-likeness (QED) is 0.834. The van der Waals surface area contributed by atoms with Gasteiger partial charge in [-0.3, -0.25) is 4.79 Å². The van der Waals surface area contributed by atoms with Crippen LogP contribution in [0.3, 0.4) is 0 Å². The normalized spacial score (nSPS) is 13.9. The average molecular weight is 280 g/mol. The lowest BCUT2D eigenvalue weighted by molar-refractivity contribution is -0.137. The highest BCUT2D eigenvalue weighted by atomic mass is 16.5. The van der Waals surface area contributed by atoms with Crippen LogP contribution in [0.2, 0.25) is 0 Å². The topological polar surface area (TPSA) is 60.5 Å². The summed E-state index contributed by atoms with van der Waals surface area (Å²) < 4.78 is 10.6. The maximum Gasteiger partial charge on any atom is 0.256 e. The average Bonchev–Trinajstić information content (AvgIpc) is 2.40. The Morgan fingerprint density at radius 3 is 2.60 bits per heavy atom. The van der Waals surface area contributed by atoms with Crippen LogP contribution in [0.15, 0.2) is 18.3 Å². The van der Waals surface area contributed by atoms with E-state index in [1.54, 1.807) is 32.4 Å². The fourth-order valence-corrected chi connectivity index (χ4v) is 2.00. The van der Waals surface area contributed by atoms with Crippen molar-refractivity contribution < 1.29 is 14.3 Å². The Morgan fingerprint density at radius 1 is 1.45 bits per heavy atom. The summed E-state index contributed by atoms with van der Waals surface area (Å²) in [5, 5.41) is 2.83. The summed E-state index contributed by atoms with van der Waals surface area (Å²) in [4.78, 5) is 16.4. The summed E-state index contributed by atoms with van der Waals surface area (Å²) in [7, 11) is 1.55. The molecule has 0 saturated carbocycles. The summed E-state index contributed by atoms with van der Waals surface area (Å²) in [5.74, 6) is 0.742. The maximum absolute atomic E-state index is 12.3. The number of nitrogens with one attached hydrogen (secondary N) is 1. The summed E-state index contributed by atoms with van der Waals surface area (Å²) in [6.07, 6.45) is 2.23. The Hall–Kier alpha value is -1.62. The zero-order valence-electron chi connectivity index (χ0n) is 12.9. The number of hydrogen-bond acceptors (Lipinski definition) is 4. The lowest BCUT2D eigenvalue weighted by atomic mass is 9.93. The highest BCUT2D eigenvalue weighted by Crippen LogP contribution is 2.22. The number of nitrogens with zero attached hydrogens (tertiary/aromatic N) is 1. The van der Waals surface area contributed by atoms with Gasteiger partial charge in [0.15, 0.2) is 0 Å². The van der Waals surface area contributed by atoms with E-state index < -0.39 is 5.60 Å². The molecule has 1 aromatic heterocycles. The second kappa shape index (κ2) is 7.24. The molecule has 0 bridgehead atoms. The van der Waals surface area contributed by atoms with E-state index in [-0.39, 0.29) is 5.91 Å². The first-order valence-electron chi connectivity index (χ1n) is 6.86. The minimum absolute atomic E-state index is 0.167. The smallest absolute Gasteiger partial charge is 0.256 e. The number of hydrogen-bond donors (Lipinski definition) is 1. The molecule has 1 rings (SSSR count). The number of carbonyl (C=O) groups is 1. The van der Waals surface area contributed by atoms with Crippen LogP contribution in [0.4, 0.5) is 5.69 Å². The van der Waals surface area contributed by atoms with Crippen molar-refractivity contribution in [3.8, 4) is 5.88 Å². The van der Waals surface area contributed by atoms with E-state index in [1.807, 2.05) is 6.92 Å². The summed E-state index contributed by atoms with van der Waals surface area (Å²) in [6, 6.07) is 3.49. The Labute approximate surface area is 120 Å². The van der Waals surface area contributed by atoms with Gasteiger partial charge in [0.1, 0.15) is 5.60 Å². The first-order valence-corrected chi connectivity index (χ1v) is 6.86.